The zero-order valence-electron chi connectivity index (χ0n) is 6.33. The Kier molecular flexibility index (Phi) is 1.94. The fourth-order valence-electron chi connectivity index (χ4n) is 0.945. The lowest BCUT2D eigenvalue weighted by Crippen LogP contribution is -2.59. The highest BCUT2D eigenvalue weighted by Crippen LogP contribution is 2.16. The molecule has 1 atom stereocenters. The predicted molar refractivity (Wildman–Crippen MR) is 39.3 cm³/mol. The minimum atomic E-state index is -0.232. The van der Waals surface area contributed by atoms with Crippen molar-refractivity contribution in [2.75, 3.05) is 0 Å². The first-order valence-corrected chi connectivity index (χ1v) is 3.37. The molecule has 0 aromatic heterocycles. The van der Waals surface area contributed by atoms with Crippen LogP contribution in [0.4, 0.5) is 0 Å². The van der Waals surface area contributed by atoms with Gasteiger partial charge >= 0.3 is 0 Å². The van der Waals surface area contributed by atoms with E-state index in [9.17, 15) is 9.59 Å². The van der Waals surface area contributed by atoms with E-state index in [4.69, 9.17) is 0 Å². The van der Waals surface area contributed by atoms with E-state index in [1.165, 1.54) is 11.9 Å². The summed E-state index contributed by atoms with van der Waals surface area (Å²) in [6.07, 6.45) is 2.08. The van der Waals surface area contributed by atoms with Gasteiger partial charge in [-0.2, -0.15) is 0 Å². The molecule has 4 nitrogen and oxygen atoms in total. The van der Waals surface area contributed by atoms with Gasteiger partial charge in [-0.15, -0.1) is 6.58 Å². The number of carbonyl (C=O) groups excluding carboxylic acids is 2. The van der Waals surface area contributed by atoms with Crippen molar-refractivity contribution in [2.45, 2.75) is 19.4 Å². The highest BCUT2D eigenvalue weighted by molar-refractivity contribution is 5.86. The maximum atomic E-state index is 10.8. The van der Waals surface area contributed by atoms with Crippen LogP contribution in [0.15, 0.2) is 12.7 Å². The Morgan fingerprint density at radius 3 is 2.91 bits per heavy atom. The number of amides is 2. The molecule has 1 aliphatic rings. The SMILES string of the molecule is C=CC1CC(=O)N1NC(C)=O. The number of hydrazine groups is 1. The van der Waals surface area contributed by atoms with Gasteiger partial charge in [-0.3, -0.25) is 15.0 Å². The number of nitrogens with one attached hydrogen (secondary N) is 1. The van der Waals surface area contributed by atoms with Crippen molar-refractivity contribution in [2.24, 2.45) is 0 Å². The molecule has 4 heteroatoms. The molecule has 1 heterocycles. The van der Waals surface area contributed by atoms with E-state index >= 15 is 0 Å². The lowest BCUT2D eigenvalue weighted by Gasteiger charge is -2.37. The monoisotopic (exact) mass is 154 g/mol. The van der Waals surface area contributed by atoms with Crippen LogP contribution in [-0.4, -0.2) is 22.9 Å². The Balaban J connectivity index is 2.48. The van der Waals surface area contributed by atoms with Crippen LogP contribution in [0, 0.1) is 0 Å². The van der Waals surface area contributed by atoms with Gasteiger partial charge in [0.15, 0.2) is 0 Å². The lowest BCUT2D eigenvalue weighted by atomic mass is 10.1. The third kappa shape index (κ3) is 1.39. The molecule has 0 aromatic rings. The van der Waals surface area contributed by atoms with Crippen LogP contribution in [0.5, 0.6) is 0 Å². The number of hydrogen-bond donors (Lipinski definition) is 1. The molecule has 0 aromatic carbocycles. The molecule has 1 aliphatic heterocycles. The van der Waals surface area contributed by atoms with Crippen LogP contribution in [0.25, 0.3) is 0 Å². The second-order valence-electron chi connectivity index (χ2n) is 2.44. The Labute approximate surface area is 64.8 Å². The molecule has 1 N–H and O–H groups in total. The van der Waals surface area contributed by atoms with Gasteiger partial charge in [-0.25, -0.2) is 5.01 Å². The van der Waals surface area contributed by atoms with Crippen molar-refractivity contribution >= 4 is 11.8 Å². The maximum absolute atomic E-state index is 10.8. The minimum Gasteiger partial charge on any atom is -0.274 e. The minimum absolute atomic E-state index is 0.0219. The fourth-order valence-corrected chi connectivity index (χ4v) is 0.945. The van der Waals surface area contributed by atoms with Crippen molar-refractivity contribution in [3.8, 4) is 0 Å². The molecule has 11 heavy (non-hydrogen) atoms. The number of β-lactam (4-membered cyclic amide) rings is 1. The first kappa shape index (κ1) is 7.78. The summed E-state index contributed by atoms with van der Waals surface area (Å²) in [5.74, 6) is -0.296. The van der Waals surface area contributed by atoms with Gasteiger partial charge in [0, 0.05) is 6.92 Å². The fraction of sp³-hybridized carbons (Fsp3) is 0.429. The van der Waals surface area contributed by atoms with Crippen molar-refractivity contribution < 1.29 is 9.59 Å². The molecule has 60 valence electrons. The number of hydrogen-bond acceptors (Lipinski definition) is 2. The highest BCUT2D eigenvalue weighted by Gasteiger charge is 2.34. The van der Waals surface area contributed by atoms with E-state index in [1.807, 2.05) is 0 Å². The second kappa shape index (κ2) is 2.74. The summed E-state index contributed by atoms with van der Waals surface area (Å²) < 4.78 is 0. The first-order valence-electron chi connectivity index (χ1n) is 3.37. The molecule has 1 unspecified atom stereocenters. The van der Waals surface area contributed by atoms with Gasteiger partial charge in [0.2, 0.25) is 11.8 Å². The third-order valence-corrected chi connectivity index (χ3v) is 1.53. The second-order valence-corrected chi connectivity index (χ2v) is 2.44. The Morgan fingerprint density at radius 1 is 1.91 bits per heavy atom. The molecule has 2 amide bonds. The largest absolute Gasteiger partial charge is 0.274 e. The molecular formula is C7H10N2O2. The quantitative estimate of drug-likeness (QED) is 0.443. The van der Waals surface area contributed by atoms with Gasteiger partial charge in [0.25, 0.3) is 0 Å². The van der Waals surface area contributed by atoms with Crippen LogP contribution in [0.3, 0.4) is 0 Å². The van der Waals surface area contributed by atoms with Crippen LogP contribution in [-0.2, 0) is 9.59 Å². The standard InChI is InChI=1S/C7H10N2O2/c1-3-6-4-7(11)9(6)8-5(2)10/h3,6H,1,4H2,2H3,(H,8,10). The Hall–Kier alpha value is -1.32. The van der Waals surface area contributed by atoms with Crippen LogP contribution < -0.4 is 5.43 Å². The Morgan fingerprint density at radius 2 is 2.55 bits per heavy atom. The van der Waals surface area contributed by atoms with Gasteiger partial charge in [-0.05, 0) is 0 Å². The molecule has 0 saturated carbocycles. The molecule has 0 spiro atoms. The number of carbonyl (C=O) groups is 2. The van der Waals surface area contributed by atoms with Gasteiger partial charge < -0.3 is 0 Å². The highest BCUT2D eigenvalue weighted by atomic mass is 16.2. The van der Waals surface area contributed by atoms with Gasteiger partial charge in [0.1, 0.15) is 0 Å². The number of nitrogens with zero attached hydrogens (tertiary/aromatic N) is 1. The Bertz CT molecular complexity index is 212. The first-order chi connectivity index (χ1) is 5.15. The summed E-state index contributed by atoms with van der Waals surface area (Å²) in [6.45, 7) is 4.90. The smallest absolute Gasteiger partial charge is 0.244 e. The van der Waals surface area contributed by atoms with Crippen molar-refractivity contribution in [1.82, 2.24) is 10.4 Å². The number of rotatable bonds is 2. The van der Waals surface area contributed by atoms with Gasteiger partial charge in [0.05, 0.1) is 12.5 Å². The van der Waals surface area contributed by atoms with Crippen LogP contribution >= 0.6 is 0 Å². The third-order valence-electron chi connectivity index (χ3n) is 1.53. The van der Waals surface area contributed by atoms with Crippen molar-refractivity contribution in [3.63, 3.8) is 0 Å². The zero-order chi connectivity index (χ0) is 8.43. The maximum Gasteiger partial charge on any atom is 0.244 e. The lowest BCUT2D eigenvalue weighted by molar-refractivity contribution is -0.153. The van der Waals surface area contributed by atoms with Crippen LogP contribution in [0.1, 0.15) is 13.3 Å². The average molecular weight is 154 g/mol. The molecule has 1 saturated heterocycles. The van der Waals surface area contributed by atoms with Crippen molar-refractivity contribution in [3.05, 3.63) is 12.7 Å². The molecular weight excluding hydrogens is 144 g/mol. The molecule has 1 fully saturated rings. The summed E-state index contributed by atoms with van der Waals surface area (Å²) in [7, 11) is 0. The molecule has 0 aliphatic carbocycles. The van der Waals surface area contributed by atoms with Crippen molar-refractivity contribution in [1.29, 1.82) is 0 Å². The van der Waals surface area contributed by atoms with E-state index < -0.39 is 0 Å². The summed E-state index contributed by atoms with van der Waals surface area (Å²) in [5.41, 5.74) is 2.40. The van der Waals surface area contributed by atoms with Crippen LogP contribution in [0.2, 0.25) is 0 Å². The summed E-state index contributed by atoms with van der Waals surface area (Å²) >= 11 is 0. The molecule has 0 bridgehead atoms. The van der Waals surface area contributed by atoms with E-state index in [0.29, 0.717) is 6.42 Å². The summed E-state index contributed by atoms with van der Waals surface area (Å²) in [5, 5.41) is 1.29. The van der Waals surface area contributed by atoms with E-state index in [1.54, 1.807) is 6.08 Å². The normalized spacial score (nSPS) is 22.5. The molecule has 0 radical (unpaired) electrons. The molecule has 1 rings (SSSR count). The van der Waals surface area contributed by atoms with Gasteiger partial charge in [-0.1, -0.05) is 6.08 Å². The summed E-state index contributed by atoms with van der Waals surface area (Å²) in [6, 6.07) is -0.0219. The van der Waals surface area contributed by atoms with E-state index in [0.717, 1.165) is 0 Å². The van der Waals surface area contributed by atoms with E-state index in [-0.39, 0.29) is 17.9 Å². The summed E-state index contributed by atoms with van der Waals surface area (Å²) in [4.78, 5) is 21.3. The topological polar surface area (TPSA) is 49.4 Å². The van der Waals surface area contributed by atoms with E-state index in [2.05, 4.69) is 12.0 Å². The average Bonchev–Trinajstić information content (AvgIpc) is 1.95. The zero-order valence-corrected chi connectivity index (χ0v) is 6.33. The predicted octanol–water partition coefficient (Wildman–Crippen LogP) is -0.176.